The quantitative estimate of drug-likeness (QED) is 0.464. The topological polar surface area (TPSA) is 69.8 Å². The van der Waals surface area contributed by atoms with Gasteiger partial charge < -0.3 is 0 Å². The molecule has 2 heterocycles. The van der Waals surface area contributed by atoms with Gasteiger partial charge in [0.2, 0.25) is 0 Å². The molecule has 3 aromatic rings. The fourth-order valence-corrected chi connectivity index (χ4v) is 3.84. The second kappa shape index (κ2) is 8.02. The minimum atomic E-state index is -4.39. The molecule has 0 amide bonds. The number of halogens is 3. The molecule has 0 aliphatic heterocycles. The molecule has 6 nitrogen and oxygen atoms in total. The Labute approximate surface area is 168 Å². The number of alkyl halides is 3. The molecule has 0 unspecified atom stereocenters. The van der Waals surface area contributed by atoms with Crippen molar-refractivity contribution in [2.45, 2.75) is 36.7 Å². The fraction of sp³-hybridized carbons (Fsp3) is 0.368. The van der Waals surface area contributed by atoms with Crippen LogP contribution >= 0.6 is 11.8 Å². The maximum atomic E-state index is 12.7. The van der Waals surface area contributed by atoms with Gasteiger partial charge in [-0.3, -0.25) is 13.9 Å². The Morgan fingerprint density at radius 2 is 1.69 bits per heavy atom. The highest BCUT2D eigenvalue weighted by molar-refractivity contribution is 7.98. The Kier molecular flexibility index (Phi) is 5.83. The molecule has 0 aliphatic carbocycles. The van der Waals surface area contributed by atoms with E-state index in [-0.39, 0.29) is 11.0 Å². The third-order valence-electron chi connectivity index (χ3n) is 4.44. The van der Waals surface area contributed by atoms with Gasteiger partial charge in [-0.2, -0.15) is 13.2 Å². The third-order valence-corrected chi connectivity index (χ3v) is 5.49. The first-order chi connectivity index (χ1) is 13.6. The summed E-state index contributed by atoms with van der Waals surface area (Å²) in [5, 5.41) is 0.640. The van der Waals surface area contributed by atoms with E-state index in [1.807, 2.05) is 6.92 Å². The van der Waals surface area contributed by atoms with Gasteiger partial charge in [-0.05, 0) is 24.1 Å². The van der Waals surface area contributed by atoms with Crippen molar-refractivity contribution in [1.29, 1.82) is 0 Å². The molecule has 2 aromatic heterocycles. The molecule has 0 radical (unpaired) electrons. The minimum absolute atomic E-state index is 0.228. The number of benzene rings is 1. The average molecular weight is 424 g/mol. The van der Waals surface area contributed by atoms with Crippen molar-refractivity contribution in [3.05, 3.63) is 62.1 Å². The van der Waals surface area contributed by atoms with Crippen LogP contribution in [0.3, 0.4) is 0 Å². The number of thioether (sulfide) groups is 1. The van der Waals surface area contributed by atoms with Crippen molar-refractivity contribution in [3.8, 4) is 0 Å². The highest BCUT2D eigenvalue weighted by Crippen LogP contribution is 2.31. The summed E-state index contributed by atoms with van der Waals surface area (Å²) in [4.78, 5) is 33.8. The zero-order valence-corrected chi connectivity index (χ0v) is 16.9. The molecule has 1 aromatic carbocycles. The second-order valence-electron chi connectivity index (χ2n) is 6.58. The molecule has 0 fully saturated rings. The number of hydrogen-bond donors (Lipinski definition) is 0. The fourth-order valence-electron chi connectivity index (χ4n) is 2.85. The first-order valence-electron chi connectivity index (χ1n) is 8.89. The molecule has 154 valence electrons. The van der Waals surface area contributed by atoms with E-state index in [1.165, 1.54) is 42.6 Å². The summed E-state index contributed by atoms with van der Waals surface area (Å²) < 4.78 is 40.5. The monoisotopic (exact) mass is 424 g/mol. The van der Waals surface area contributed by atoms with E-state index in [0.717, 1.165) is 23.1 Å². The van der Waals surface area contributed by atoms with E-state index >= 15 is 0 Å². The maximum Gasteiger partial charge on any atom is 0.416 e. The van der Waals surface area contributed by atoms with Gasteiger partial charge in [0.1, 0.15) is 16.2 Å². The SMILES string of the molecule is CCCc1nc(SCc2ccc(C(F)(F)F)cc2)c2c(=O)n(C)c(=O)n(C)c2n1. The zero-order chi connectivity index (χ0) is 21.3. The Bertz CT molecular complexity index is 1170. The number of hydrogen-bond acceptors (Lipinski definition) is 5. The third kappa shape index (κ3) is 4.21. The molecule has 0 spiro atoms. The number of aromatic nitrogens is 4. The predicted octanol–water partition coefficient (Wildman–Crippen LogP) is 3.29. The van der Waals surface area contributed by atoms with Crippen LogP contribution in [0.5, 0.6) is 0 Å². The van der Waals surface area contributed by atoms with Crippen LogP contribution in [0.1, 0.15) is 30.3 Å². The van der Waals surface area contributed by atoms with Gasteiger partial charge in [-0.15, -0.1) is 11.8 Å². The van der Waals surface area contributed by atoms with Crippen molar-refractivity contribution in [1.82, 2.24) is 19.1 Å². The smallest absolute Gasteiger partial charge is 0.280 e. The van der Waals surface area contributed by atoms with Gasteiger partial charge >= 0.3 is 11.9 Å². The van der Waals surface area contributed by atoms with Crippen molar-refractivity contribution >= 4 is 22.8 Å². The van der Waals surface area contributed by atoms with Crippen LogP contribution in [0.4, 0.5) is 13.2 Å². The standard InChI is InChI=1S/C19H19F3N4O2S/c1-4-5-13-23-15-14(17(27)26(3)18(28)25(15)2)16(24-13)29-10-11-6-8-12(9-7-11)19(20,21)22/h6-9H,4-5,10H2,1-3H3. The van der Waals surface area contributed by atoms with Gasteiger partial charge in [-0.25, -0.2) is 14.8 Å². The number of fused-ring (bicyclic) bond motifs is 1. The first-order valence-corrected chi connectivity index (χ1v) is 9.87. The van der Waals surface area contributed by atoms with Crippen LogP contribution in [0.25, 0.3) is 11.0 Å². The van der Waals surface area contributed by atoms with E-state index in [0.29, 0.717) is 28.6 Å². The van der Waals surface area contributed by atoms with Crippen molar-refractivity contribution in [3.63, 3.8) is 0 Å². The highest BCUT2D eigenvalue weighted by atomic mass is 32.2. The van der Waals surface area contributed by atoms with E-state index in [9.17, 15) is 22.8 Å². The van der Waals surface area contributed by atoms with Crippen LogP contribution < -0.4 is 11.2 Å². The van der Waals surface area contributed by atoms with Crippen molar-refractivity contribution in [2.75, 3.05) is 0 Å². The molecule has 29 heavy (non-hydrogen) atoms. The summed E-state index contributed by atoms with van der Waals surface area (Å²) >= 11 is 1.23. The van der Waals surface area contributed by atoms with E-state index in [4.69, 9.17) is 0 Å². The molecular weight excluding hydrogens is 405 g/mol. The largest absolute Gasteiger partial charge is 0.416 e. The predicted molar refractivity (Wildman–Crippen MR) is 105 cm³/mol. The molecule has 3 rings (SSSR count). The summed E-state index contributed by atoms with van der Waals surface area (Å²) in [5.41, 5.74) is -0.781. The van der Waals surface area contributed by atoms with Crippen LogP contribution in [0, 0.1) is 0 Å². The van der Waals surface area contributed by atoms with Crippen molar-refractivity contribution < 1.29 is 13.2 Å². The normalized spacial score (nSPS) is 11.9. The van der Waals surface area contributed by atoms with Crippen LogP contribution in [0.2, 0.25) is 0 Å². The molecule has 0 saturated carbocycles. The molecular formula is C19H19F3N4O2S. The Balaban J connectivity index is 2.04. The van der Waals surface area contributed by atoms with Gasteiger partial charge in [0.15, 0.2) is 5.65 Å². The summed E-state index contributed by atoms with van der Waals surface area (Å²) in [6.45, 7) is 1.96. The summed E-state index contributed by atoms with van der Waals surface area (Å²) in [6, 6.07) is 4.86. The summed E-state index contributed by atoms with van der Waals surface area (Å²) in [7, 11) is 2.92. The number of nitrogens with zero attached hydrogens (tertiary/aromatic N) is 4. The molecule has 0 bridgehead atoms. The van der Waals surface area contributed by atoms with Gasteiger partial charge in [-0.1, -0.05) is 19.1 Å². The minimum Gasteiger partial charge on any atom is -0.280 e. The molecule has 0 N–H and O–H groups in total. The summed E-state index contributed by atoms with van der Waals surface area (Å²) in [5.74, 6) is 0.833. The van der Waals surface area contributed by atoms with Crippen LogP contribution in [-0.2, 0) is 32.4 Å². The van der Waals surface area contributed by atoms with Gasteiger partial charge in [0.05, 0.1) is 5.56 Å². The first kappa shape index (κ1) is 21.1. The maximum absolute atomic E-state index is 12.7. The second-order valence-corrected chi connectivity index (χ2v) is 7.55. The number of aryl methyl sites for hydroxylation is 2. The Morgan fingerprint density at radius 3 is 2.28 bits per heavy atom. The van der Waals surface area contributed by atoms with E-state index in [2.05, 4.69) is 9.97 Å². The summed E-state index contributed by atoms with van der Waals surface area (Å²) in [6.07, 6.45) is -3.03. The lowest BCUT2D eigenvalue weighted by Gasteiger charge is -2.12. The average Bonchev–Trinajstić information content (AvgIpc) is 2.68. The van der Waals surface area contributed by atoms with Gasteiger partial charge in [0, 0.05) is 26.3 Å². The van der Waals surface area contributed by atoms with Crippen molar-refractivity contribution in [2.24, 2.45) is 14.1 Å². The lowest BCUT2D eigenvalue weighted by Crippen LogP contribution is -2.37. The van der Waals surface area contributed by atoms with E-state index < -0.39 is 23.0 Å². The molecule has 0 aliphatic rings. The van der Waals surface area contributed by atoms with E-state index in [1.54, 1.807) is 0 Å². The Morgan fingerprint density at radius 1 is 1.03 bits per heavy atom. The molecule has 0 saturated heterocycles. The van der Waals surface area contributed by atoms with Gasteiger partial charge in [0.25, 0.3) is 5.56 Å². The lowest BCUT2D eigenvalue weighted by molar-refractivity contribution is -0.137. The molecule has 10 heteroatoms. The highest BCUT2D eigenvalue weighted by Gasteiger charge is 2.29. The number of rotatable bonds is 5. The lowest BCUT2D eigenvalue weighted by atomic mass is 10.1. The van der Waals surface area contributed by atoms with Crippen LogP contribution in [0.15, 0.2) is 38.9 Å². The Hall–Kier alpha value is -2.62. The molecule has 0 atom stereocenters. The zero-order valence-electron chi connectivity index (χ0n) is 16.1. The van der Waals surface area contributed by atoms with Crippen LogP contribution in [-0.4, -0.2) is 19.1 Å².